The molecule has 2 aromatic carbocycles. The van der Waals surface area contributed by atoms with E-state index in [1.54, 1.807) is 24.3 Å². The van der Waals surface area contributed by atoms with E-state index in [1.807, 2.05) is 18.2 Å². The summed E-state index contributed by atoms with van der Waals surface area (Å²) < 4.78 is 5.15. The number of benzene rings is 2. The molecule has 1 unspecified atom stereocenters. The average Bonchev–Trinajstić information content (AvgIpc) is 3.24. The number of hydrogen-bond donors (Lipinski definition) is 4. The zero-order valence-electron chi connectivity index (χ0n) is 14.6. The number of ether oxygens (including phenoxy) is 1. The van der Waals surface area contributed by atoms with Gasteiger partial charge in [0.25, 0.3) is 11.5 Å². The monoisotopic (exact) mass is 394 g/mol. The van der Waals surface area contributed by atoms with Crippen molar-refractivity contribution in [3.05, 3.63) is 63.9 Å². The Kier molecular flexibility index (Phi) is 3.44. The fourth-order valence-corrected chi connectivity index (χ4v) is 4.65. The Morgan fingerprint density at radius 2 is 2.00 bits per heavy atom. The van der Waals surface area contributed by atoms with Crippen LogP contribution < -0.4 is 21.0 Å². The molecule has 0 fully saturated rings. The topological polar surface area (TPSA) is 116 Å². The molecule has 140 valence electrons. The third kappa shape index (κ3) is 2.16. The molecule has 1 atom stereocenters. The van der Waals surface area contributed by atoms with Crippen LogP contribution in [0.1, 0.15) is 11.1 Å². The molecule has 1 spiro atoms. The van der Waals surface area contributed by atoms with Gasteiger partial charge in [0.1, 0.15) is 22.1 Å². The molecule has 0 aliphatic carbocycles. The number of thioether (sulfide) groups is 1. The van der Waals surface area contributed by atoms with Crippen LogP contribution in [0, 0.1) is 0 Å². The van der Waals surface area contributed by atoms with E-state index in [2.05, 4.69) is 20.8 Å². The number of nitrogens with zero attached hydrogens (tertiary/aromatic N) is 1. The van der Waals surface area contributed by atoms with Crippen LogP contribution in [-0.2, 0) is 9.67 Å². The minimum absolute atomic E-state index is 0.0178. The van der Waals surface area contributed by atoms with Gasteiger partial charge in [-0.15, -0.1) is 0 Å². The molecule has 2 aliphatic rings. The number of hydrazone groups is 1. The lowest BCUT2D eigenvalue weighted by Gasteiger charge is -2.19. The Morgan fingerprint density at radius 3 is 2.82 bits per heavy atom. The van der Waals surface area contributed by atoms with Gasteiger partial charge in [0.15, 0.2) is 0 Å². The lowest BCUT2D eigenvalue weighted by molar-refractivity contribution is -0.118. The highest BCUT2D eigenvalue weighted by atomic mass is 32.2. The van der Waals surface area contributed by atoms with Gasteiger partial charge in [0.05, 0.1) is 12.6 Å². The summed E-state index contributed by atoms with van der Waals surface area (Å²) in [5, 5.41) is 18.5. The second-order valence-electron chi connectivity index (χ2n) is 6.40. The van der Waals surface area contributed by atoms with Gasteiger partial charge >= 0.3 is 0 Å². The number of methoxy groups -OCH3 is 1. The van der Waals surface area contributed by atoms with Crippen molar-refractivity contribution in [2.45, 2.75) is 4.87 Å². The van der Waals surface area contributed by atoms with Gasteiger partial charge in [-0.3, -0.25) is 15.0 Å². The lowest BCUT2D eigenvalue weighted by Crippen LogP contribution is -2.39. The van der Waals surface area contributed by atoms with Crippen LogP contribution in [0.25, 0.3) is 10.9 Å². The standard InChI is InChI=1S/C19H14N4O4S/c1-27-9-6-7-10-13(8-9)20-16(25)14(15(10)24)17-22-23-19(28-17)11-4-2-3-5-12(11)21-18(19)26/h2-8,23H,1H3,(H,21,26)(H2,20,24,25). The van der Waals surface area contributed by atoms with Crippen molar-refractivity contribution in [2.75, 3.05) is 12.4 Å². The van der Waals surface area contributed by atoms with E-state index in [0.29, 0.717) is 22.3 Å². The molecule has 3 heterocycles. The van der Waals surface area contributed by atoms with Crippen molar-refractivity contribution in [2.24, 2.45) is 5.10 Å². The number of carbonyl (C=O) groups excluding carboxylic acids is 1. The highest BCUT2D eigenvalue weighted by Gasteiger charge is 2.52. The molecule has 4 N–H and O–H groups in total. The molecule has 2 aliphatic heterocycles. The second-order valence-corrected chi connectivity index (χ2v) is 7.60. The molecule has 0 radical (unpaired) electrons. The predicted molar refractivity (Wildman–Crippen MR) is 107 cm³/mol. The molecule has 28 heavy (non-hydrogen) atoms. The molecule has 1 amide bonds. The Bertz CT molecular complexity index is 1250. The van der Waals surface area contributed by atoms with Gasteiger partial charge in [0.2, 0.25) is 4.87 Å². The Morgan fingerprint density at radius 1 is 1.18 bits per heavy atom. The number of pyridine rings is 1. The van der Waals surface area contributed by atoms with Gasteiger partial charge in [-0.05, 0) is 18.2 Å². The molecule has 0 saturated heterocycles. The number of aromatic amines is 1. The van der Waals surface area contributed by atoms with Crippen LogP contribution in [0.3, 0.4) is 0 Å². The SMILES string of the molecule is COc1ccc2c(O)c(C3=NNC4(S3)C(=O)Nc3ccccc34)c(=O)[nH]c2c1. The zero-order valence-corrected chi connectivity index (χ0v) is 15.4. The number of rotatable bonds is 2. The first-order chi connectivity index (χ1) is 13.5. The van der Waals surface area contributed by atoms with Crippen LogP contribution >= 0.6 is 11.8 Å². The molecular formula is C19H14N4O4S. The molecule has 0 bridgehead atoms. The van der Waals surface area contributed by atoms with Crippen molar-refractivity contribution >= 4 is 39.3 Å². The first-order valence-corrected chi connectivity index (χ1v) is 9.23. The molecule has 0 saturated carbocycles. The van der Waals surface area contributed by atoms with Crippen molar-refractivity contribution < 1.29 is 14.6 Å². The summed E-state index contributed by atoms with van der Waals surface area (Å²) in [7, 11) is 1.52. The van der Waals surface area contributed by atoms with Crippen molar-refractivity contribution in [3.8, 4) is 11.5 Å². The largest absolute Gasteiger partial charge is 0.506 e. The molecule has 9 heteroatoms. The number of aromatic hydroxyl groups is 1. The lowest BCUT2D eigenvalue weighted by atomic mass is 10.1. The first-order valence-electron chi connectivity index (χ1n) is 8.42. The van der Waals surface area contributed by atoms with Crippen LogP contribution in [0.4, 0.5) is 5.69 Å². The van der Waals surface area contributed by atoms with Crippen molar-refractivity contribution in [3.63, 3.8) is 0 Å². The number of fused-ring (bicyclic) bond motifs is 3. The number of anilines is 1. The zero-order chi connectivity index (χ0) is 19.5. The first kappa shape index (κ1) is 16.7. The average molecular weight is 394 g/mol. The summed E-state index contributed by atoms with van der Waals surface area (Å²) in [5.74, 6) is 0.0832. The van der Waals surface area contributed by atoms with E-state index >= 15 is 0 Å². The molecular weight excluding hydrogens is 380 g/mol. The van der Waals surface area contributed by atoms with Gasteiger partial charge in [-0.2, -0.15) is 5.10 Å². The highest BCUT2D eigenvalue weighted by Crippen LogP contribution is 2.48. The maximum absolute atomic E-state index is 12.7. The van der Waals surface area contributed by atoms with Crippen molar-refractivity contribution in [1.82, 2.24) is 10.4 Å². The smallest absolute Gasteiger partial charge is 0.267 e. The summed E-state index contributed by atoms with van der Waals surface area (Å²) in [6.45, 7) is 0. The second kappa shape index (κ2) is 5.77. The number of aromatic nitrogens is 1. The summed E-state index contributed by atoms with van der Waals surface area (Å²) >= 11 is 1.09. The molecule has 3 aromatic rings. The van der Waals surface area contributed by atoms with Crippen LogP contribution in [0.5, 0.6) is 11.5 Å². The van der Waals surface area contributed by atoms with E-state index < -0.39 is 10.4 Å². The highest BCUT2D eigenvalue weighted by molar-refractivity contribution is 8.16. The quantitative estimate of drug-likeness (QED) is 0.529. The van der Waals surface area contributed by atoms with E-state index in [0.717, 1.165) is 17.3 Å². The Balaban J connectivity index is 1.61. The summed E-state index contributed by atoms with van der Waals surface area (Å²) in [6, 6.07) is 12.3. The van der Waals surface area contributed by atoms with Crippen LogP contribution in [0.2, 0.25) is 0 Å². The normalized spacial score (nSPS) is 20.0. The number of carbonyl (C=O) groups is 1. The maximum atomic E-state index is 12.7. The van der Waals surface area contributed by atoms with Gasteiger partial charge in [-0.1, -0.05) is 30.0 Å². The van der Waals surface area contributed by atoms with E-state index in [-0.39, 0.29) is 22.3 Å². The molecule has 5 rings (SSSR count). The summed E-state index contributed by atoms with van der Waals surface area (Å²) in [6.07, 6.45) is 0. The van der Waals surface area contributed by atoms with Crippen molar-refractivity contribution in [1.29, 1.82) is 0 Å². The van der Waals surface area contributed by atoms with Gasteiger partial charge in [-0.25, -0.2) is 0 Å². The van der Waals surface area contributed by atoms with Gasteiger partial charge < -0.3 is 20.1 Å². The Hall–Kier alpha value is -3.46. The minimum atomic E-state index is -1.17. The fourth-order valence-electron chi connectivity index (χ4n) is 3.46. The molecule has 8 nitrogen and oxygen atoms in total. The third-order valence-electron chi connectivity index (χ3n) is 4.85. The molecule has 1 aromatic heterocycles. The van der Waals surface area contributed by atoms with Gasteiger partial charge in [0, 0.05) is 22.7 Å². The van der Waals surface area contributed by atoms with Crippen LogP contribution in [0.15, 0.2) is 52.4 Å². The number of H-pyrrole nitrogens is 1. The van der Waals surface area contributed by atoms with E-state index in [9.17, 15) is 14.7 Å². The minimum Gasteiger partial charge on any atom is -0.506 e. The predicted octanol–water partition coefficient (Wildman–Crippen LogP) is 2.05. The van der Waals surface area contributed by atoms with Crippen LogP contribution in [-0.4, -0.2) is 28.2 Å². The number of nitrogens with one attached hydrogen (secondary N) is 3. The number of amides is 1. The third-order valence-corrected chi connectivity index (χ3v) is 6.14. The Labute approximate surface area is 162 Å². The number of para-hydroxylation sites is 1. The summed E-state index contributed by atoms with van der Waals surface area (Å²) in [4.78, 5) is 26.9. The van der Waals surface area contributed by atoms with E-state index in [4.69, 9.17) is 4.74 Å². The van der Waals surface area contributed by atoms with E-state index in [1.165, 1.54) is 7.11 Å². The maximum Gasteiger partial charge on any atom is 0.267 e. The summed E-state index contributed by atoms with van der Waals surface area (Å²) in [5.41, 5.74) is 4.24. The number of hydrogen-bond acceptors (Lipinski definition) is 7. The fraction of sp³-hybridized carbons (Fsp3) is 0.105.